The van der Waals surface area contributed by atoms with E-state index in [0.717, 1.165) is 19.3 Å². The van der Waals surface area contributed by atoms with E-state index in [2.05, 4.69) is 6.07 Å². The molecule has 2 nitrogen and oxygen atoms in total. The number of unbranched alkanes of at least 4 members (excludes halogenated alkanes) is 4. The summed E-state index contributed by atoms with van der Waals surface area (Å²) in [5, 5.41) is 16.4. The normalized spacial score (nSPS) is 8.89. The molecule has 0 fully saturated rings. The molecule has 0 aliphatic heterocycles. The zero-order valence-electron chi connectivity index (χ0n) is 5.51. The van der Waals surface area contributed by atoms with Crippen LogP contribution in [-0.2, 0) is 0 Å². The largest absolute Gasteiger partial charge is 0.396 e. The lowest BCUT2D eigenvalue weighted by atomic mass is 10.2. The van der Waals surface area contributed by atoms with Crippen molar-refractivity contribution in [1.82, 2.24) is 0 Å². The van der Waals surface area contributed by atoms with Gasteiger partial charge in [0.25, 0.3) is 0 Å². The summed E-state index contributed by atoms with van der Waals surface area (Å²) in [6.45, 7) is 0.253. The minimum atomic E-state index is 0.253. The van der Waals surface area contributed by atoms with Gasteiger partial charge in [0.05, 0.1) is 6.07 Å². The van der Waals surface area contributed by atoms with E-state index < -0.39 is 0 Å². The highest BCUT2D eigenvalue weighted by atomic mass is 16.2. The number of aliphatic hydroxyl groups excluding tert-OH is 1. The molecule has 0 spiro atoms. The van der Waals surface area contributed by atoms with Crippen molar-refractivity contribution in [3.63, 3.8) is 0 Å². The quantitative estimate of drug-likeness (QED) is 0.564. The molecule has 0 saturated carbocycles. The SMILES string of the molecule is N#CCC[CH]CCCO. The fourth-order valence-corrected chi connectivity index (χ4v) is 0.547. The Morgan fingerprint density at radius 3 is 2.78 bits per heavy atom. The average Bonchev–Trinajstić information content (AvgIpc) is 1.89. The van der Waals surface area contributed by atoms with Crippen LogP contribution >= 0.6 is 0 Å². The molecule has 9 heavy (non-hydrogen) atoms. The summed E-state index contributed by atoms with van der Waals surface area (Å²) in [5.74, 6) is 0. The van der Waals surface area contributed by atoms with Gasteiger partial charge in [-0.1, -0.05) is 0 Å². The molecule has 0 bridgehead atoms. The maximum atomic E-state index is 8.34. The number of hydrogen-bond donors (Lipinski definition) is 1. The van der Waals surface area contributed by atoms with Gasteiger partial charge in [-0.2, -0.15) is 5.26 Å². The van der Waals surface area contributed by atoms with Gasteiger partial charge >= 0.3 is 0 Å². The lowest BCUT2D eigenvalue weighted by Gasteiger charge is -1.92. The predicted molar refractivity (Wildman–Crippen MR) is 35.5 cm³/mol. The first-order chi connectivity index (χ1) is 4.41. The van der Waals surface area contributed by atoms with Crippen LogP contribution in [0.1, 0.15) is 25.7 Å². The Labute approximate surface area is 56.1 Å². The maximum Gasteiger partial charge on any atom is 0.0621 e. The number of rotatable bonds is 5. The first kappa shape index (κ1) is 8.45. The van der Waals surface area contributed by atoms with Gasteiger partial charge in [0.2, 0.25) is 0 Å². The van der Waals surface area contributed by atoms with Gasteiger partial charge in [0.1, 0.15) is 0 Å². The molecular formula is C7H12NO. The van der Waals surface area contributed by atoms with Crippen LogP contribution in [0, 0.1) is 17.8 Å². The van der Waals surface area contributed by atoms with Crippen LogP contribution in [0.15, 0.2) is 0 Å². The van der Waals surface area contributed by atoms with Crippen molar-refractivity contribution in [2.24, 2.45) is 0 Å². The highest BCUT2D eigenvalue weighted by Crippen LogP contribution is 1.99. The third-order valence-corrected chi connectivity index (χ3v) is 1.03. The van der Waals surface area contributed by atoms with Crippen molar-refractivity contribution in [2.75, 3.05) is 6.61 Å². The number of nitriles is 1. The van der Waals surface area contributed by atoms with Gasteiger partial charge < -0.3 is 5.11 Å². The number of aliphatic hydroxyl groups is 1. The summed E-state index contributed by atoms with van der Waals surface area (Å²) < 4.78 is 0. The maximum absolute atomic E-state index is 8.34. The van der Waals surface area contributed by atoms with Crippen LogP contribution < -0.4 is 0 Å². The van der Waals surface area contributed by atoms with Crippen LogP contribution in [0.2, 0.25) is 0 Å². The van der Waals surface area contributed by atoms with E-state index in [-0.39, 0.29) is 6.61 Å². The predicted octanol–water partition coefficient (Wildman–Crippen LogP) is 1.27. The second kappa shape index (κ2) is 7.45. The molecule has 1 radical (unpaired) electrons. The molecule has 1 N–H and O–H groups in total. The lowest BCUT2D eigenvalue weighted by Crippen LogP contribution is -1.83. The van der Waals surface area contributed by atoms with Gasteiger partial charge in [-0.15, -0.1) is 0 Å². The van der Waals surface area contributed by atoms with E-state index in [4.69, 9.17) is 10.4 Å². The summed E-state index contributed by atoms with van der Waals surface area (Å²) in [6.07, 6.45) is 5.25. The van der Waals surface area contributed by atoms with Crippen LogP contribution in [0.4, 0.5) is 0 Å². The van der Waals surface area contributed by atoms with E-state index >= 15 is 0 Å². The Balaban J connectivity index is 2.69. The van der Waals surface area contributed by atoms with Crippen LogP contribution in [0.3, 0.4) is 0 Å². The fraction of sp³-hybridized carbons (Fsp3) is 0.714. The molecule has 0 amide bonds. The Morgan fingerprint density at radius 2 is 2.22 bits per heavy atom. The summed E-state index contributed by atoms with van der Waals surface area (Å²) in [6, 6.07) is 2.05. The summed E-state index contributed by atoms with van der Waals surface area (Å²) in [4.78, 5) is 0. The van der Waals surface area contributed by atoms with Gasteiger partial charge in [-0.3, -0.25) is 0 Å². The summed E-state index contributed by atoms with van der Waals surface area (Å²) >= 11 is 0. The highest BCUT2D eigenvalue weighted by Gasteiger charge is 1.86. The van der Waals surface area contributed by atoms with Crippen molar-refractivity contribution in [1.29, 1.82) is 5.26 Å². The van der Waals surface area contributed by atoms with E-state index in [1.54, 1.807) is 0 Å². The van der Waals surface area contributed by atoms with Crippen molar-refractivity contribution >= 4 is 0 Å². The van der Waals surface area contributed by atoms with Gasteiger partial charge in [0.15, 0.2) is 0 Å². The minimum Gasteiger partial charge on any atom is -0.396 e. The lowest BCUT2D eigenvalue weighted by molar-refractivity contribution is 0.287. The smallest absolute Gasteiger partial charge is 0.0621 e. The molecule has 0 unspecified atom stereocenters. The van der Waals surface area contributed by atoms with Gasteiger partial charge in [-0.05, 0) is 25.7 Å². The van der Waals surface area contributed by atoms with E-state index in [9.17, 15) is 0 Å². The summed E-state index contributed by atoms with van der Waals surface area (Å²) in [5.41, 5.74) is 0. The van der Waals surface area contributed by atoms with E-state index in [1.807, 2.05) is 6.42 Å². The monoisotopic (exact) mass is 126 g/mol. The zero-order chi connectivity index (χ0) is 6.95. The summed E-state index contributed by atoms with van der Waals surface area (Å²) in [7, 11) is 0. The minimum absolute atomic E-state index is 0.253. The molecule has 0 rings (SSSR count). The number of hydrogen-bond acceptors (Lipinski definition) is 2. The molecule has 0 atom stereocenters. The molecule has 2 heteroatoms. The van der Waals surface area contributed by atoms with Gasteiger partial charge in [0, 0.05) is 13.0 Å². The second-order valence-corrected chi connectivity index (χ2v) is 1.85. The van der Waals surface area contributed by atoms with Crippen LogP contribution in [-0.4, -0.2) is 11.7 Å². The first-order valence-electron chi connectivity index (χ1n) is 3.21. The molecule has 0 heterocycles. The zero-order valence-corrected chi connectivity index (χ0v) is 5.51. The first-order valence-corrected chi connectivity index (χ1v) is 3.21. The van der Waals surface area contributed by atoms with Crippen molar-refractivity contribution < 1.29 is 5.11 Å². The Kier molecular flexibility index (Phi) is 6.99. The average molecular weight is 126 g/mol. The molecule has 0 aliphatic carbocycles. The molecule has 0 aromatic rings. The Morgan fingerprint density at radius 1 is 1.44 bits per heavy atom. The Bertz CT molecular complexity index is 85.4. The van der Waals surface area contributed by atoms with Crippen molar-refractivity contribution in [3.8, 4) is 6.07 Å². The van der Waals surface area contributed by atoms with E-state index in [0.29, 0.717) is 6.42 Å². The third-order valence-electron chi connectivity index (χ3n) is 1.03. The molecule has 51 valence electrons. The molecule has 0 aromatic heterocycles. The van der Waals surface area contributed by atoms with Crippen molar-refractivity contribution in [2.45, 2.75) is 25.7 Å². The topological polar surface area (TPSA) is 44.0 Å². The number of nitrogens with zero attached hydrogens (tertiary/aromatic N) is 1. The molecule has 0 saturated heterocycles. The van der Waals surface area contributed by atoms with Crippen LogP contribution in [0.25, 0.3) is 0 Å². The third kappa shape index (κ3) is 7.45. The Hall–Kier alpha value is -0.550. The standard InChI is InChI=1S/C7H12NO/c8-6-4-2-1-3-5-7-9/h1,9H,2-5,7H2. The molecule has 0 aromatic carbocycles. The van der Waals surface area contributed by atoms with Crippen LogP contribution in [0.5, 0.6) is 0 Å². The highest BCUT2D eigenvalue weighted by molar-refractivity contribution is 4.75. The molecular weight excluding hydrogens is 114 g/mol. The van der Waals surface area contributed by atoms with Crippen molar-refractivity contribution in [3.05, 3.63) is 6.42 Å². The second-order valence-electron chi connectivity index (χ2n) is 1.85. The van der Waals surface area contributed by atoms with E-state index in [1.165, 1.54) is 0 Å². The molecule has 0 aliphatic rings. The van der Waals surface area contributed by atoms with Gasteiger partial charge in [-0.25, -0.2) is 0 Å². The fourth-order valence-electron chi connectivity index (χ4n) is 0.547.